The summed E-state index contributed by atoms with van der Waals surface area (Å²) in [5.41, 5.74) is -0.615. The van der Waals surface area contributed by atoms with Gasteiger partial charge in [-0.15, -0.1) is 0 Å². The predicted octanol–water partition coefficient (Wildman–Crippen LogP) is 2.78. The smallest absolute Gasteiger partial charge is 0.338 e. The van der Waals surface area contributed by atoms with Gasteiger partial charge in [-0.05, 0) is 36.8 Å². The lowest BCUT2D eigenvalue weighted by molar-refractivity contribution is 0.0596. The zero-order chi connectivity index (χ0) is 17.3. The number of methoxy groups -OCH3 is 1. The number of esters is 1. The number of hydrogen-bond acceptors (Lipinski definition) is 6. The number of carbonyl (C=O) groups excluding carboxylic acids is 2. The van der Waals surface area contributed by atoms with Crippen LogP contribution in [0.3, 0.4) is 0 Å². The largest absolute Gasteiger partial charge is 0.507 e. The number of hydrogen-bond donors (Lipinski definition) is 3. The van der Waals surface area contributed by atoms with Crippen LogP contribution in [0.5, 0.6) is 17.2 Å². The fraction of sp³-hybridized carbons (Fsp3) is 0.125. The average molecular weight is 337 g/mol. The third kappa shape index (κ3) is 2.93. The fourth-order valence-electron chi connectivity index (χ4n) is 2.18. The van der Waals surface area contributed by atoms with E-state index in [9.17, 15) is 24.9 Å². The first kappa shape index (κ1) is 16.6. The quantitative estimate of drug-likeness (QED) is 0.588. The summed E-state index contributed by atoms with van der Waals surface area (Å²) in [7, 11) is 1.11. The normalized spacial score (nSPS) is 10.4. The predicted molar refractivity (Wildman–Crippen MR) is 82.4 cm³/mol. The van der Waals surface area contributed by atoms with Gasteiger partial charge in [0.1, 0.15) is 22.8 Å². The molecule has 0 saturated heterocycles. The minimum atomic E-state index is -0.958. The zero-order valence-corrected chi connectivity index (χ0v) is 13.0. The summed E-state index contributed by atoms with van der Waals surface area (Å²) in [5.74, 6) is -3.43. The average Bonchev–Trinajstić information content (AvgIpc) is 2.47. The molecule has 0 amide bonds. The molecule has 0 aromatic heterocycles. The molecular weight excluding hydrogens is 324 g/mol. The van der Waals surface area contributed by atoms with Crippen molar-refractivity contribution in [3.8, 4) is 17.2 Å². The number of aromatic hydroxyl groups is 3. The van der Waals surface area contributed by atoms with Gasteiger partial charge < -0.3 is 20.1 Å². The molecule has 2 aromatic carbocycles. The summed E-state index contributed by atoms with van der Waals surface area (Å²) < 4.78 is 4.57. The van der Waals surface area contributed by atoms with Gasteiger partial charge in [-0.1, -0.05) is 11.6 Å². The summed E-state index contributed by atoms with van der Waals surface area (Å²) in [6, 6.07) is 4.98. The van der Waals surface area contributed by atoms with Gasteiger partial charge in [-0.3, -0.25) is 4.79 Å². The number of rotatable bonds is 3. The van der Waals surface area contributed by atoms with E-state index in [0.29, 0.717) is 5.56 Å². The molecule has 0 saturated carbocycles. The van der Waals surface area contributed by atoms with E-state index in [1.807, 2.05) is 0 Å². The number of phenols is 3. The van der Waals surface area contributed by atoms with Crippen molar-refractivity contribution in [2.75, 3.05) is 7.11 Å². The number of ether oxygens (including phenoxy) is 1. The van der Waals surface area contributed by atoms with Gasteiger partial charge in [-0.2, -0.15) is 0 Å². The minimum Gasteiger partial charge on any atom is -0.507 e. The Morgan fingerprint density at radius 3 is 2.13 bits per heavy atom. The summed E-state index contributed by atoms with van der Waals surface area (Å²) in [6.45, 7) is 1.62. The maximum atomic E-state index is 12.7. The number of ketones is 1. The first-order valence-electron chi connectivity index (χ1n) is 6.45. The molecule has 0 spiro atoms. The lowest BCUT2D eigenvalue weighted by atomic mass is 9.95. The van der Waals surface area contributed by atoms with Crippen LogP contribution in [0.2, 0.25) is 5.02 Å². The number of benzene rings is 2. The van der Waals surface area contributed by atoms with Crippen LogP contribution in [-0.2, 0) is 4.74 Å². The number of phenolic OH excluding ortho intramolecular Hbond substituents is 3. The monoisotopic (exact) mass is 336 g/mol. The van der Waals surface area contributed by atoms with Crippen molar-refractivity contribution in [2.45, 2.75) is 6.92 Å². The zero-order valence-electron chi connectivity index (χ0n) is 12.3. The first-order chi connectivity index (χ1) is 10.8. The van der Waals surface area contributed by atoms with Crippen LogP contribution in [0.4, 0.5) is 0 Å². The van der Waals surface area contributed by atoms with Gasteiger partial charge in [0, 0.05) is 0 Å². The van der Waals surface area contributed by atoms with Crippen molar-refractivity contribution in [1.29, 1.82) is 0 Å². The summed E-state index contributed by atoms with van der Waals surface area (Å²) in [5, 5.41) is 29.8. The molecule has 0 bridgehead atoms. The van der Waals surface area contributed by atoms with Crippen LogP contribution in [0.1, 0.15) is 31.8 Å². The standard InChI is InChI=1S/C16H13ClO6/c1-7-5-10(18)13(11(19)6-7)15(21)12-8(16(22)23-2)3-4-9(17)14(12)20/h3-6,18-20H,1-2H3. The highest BCUT2D eigenvalue weighted by molar-refractivity contribution is 6.33. The van der Waals surface area contributed by atoms with Crippen LogP contribution in [0.15, 0.2) is 24.3 Å². The third-order valence-electron chi connectivity index (χ3n) is 3.23. The molecule has 2 rings (SSSR count). The molecule has 23 heavy (non-hydrogen) atoms. The van der Waals surface area contributed by atoms with E-state index in [0.717, 1.165) is 7.11 Å². The number of aryl methyl sites for hydroxylation is 1. The second-order valence-electron chi connectivity index (χ2n) is 4.82. The van der Waals surface area contributed by atoms with Gasteiger partial charge in [-0.25, -0.2) is 4.79 Å². The van der Waals surface area contributed by atoms with Crippen molar-refractivity contribution in [3.05, 3.63) is 51.5 Å². The molecule has 0 aliphatic carbocycles. The second kappa shape index (κ2) is 6.18. The van der Waals surface area contributed by atoms with Gasteiger partial charge >= 0.3 is 5.97 Å². The van der Waals surface area contributed by atoms with E-state index < -0.39 is 40.1 Å². The Morgan fingerprint density at radius 2 is 1.61 bits per heavy atom. The molecule has 3 N–H and O–H groups in total. The topological polar surface area (TPSA) is 104 Å². The minimum absolute atomic E-state index is 0.160. The molecule has 0 aliphatic rings. The van der Waals surface area contributed by atoms with Crippen molar-refractivity contribution in [1.82, 2.24) is 0 Å². The van der Waals surface area contributed by atoms with Crippen LogP contribution >= 0.6 is 11.6 Å². The van der Waals surface area contributed by atoms with E-state index in [1.165, 1.54) is 24.3 Å². The first-order valence-corrected chi connectivity index (χ1v) is 6.82. The van der Waals surface area contributed by atoms with Crippen molar-refractivity contribution >= 4 is 23.4 Å². The van der Waals surface area contributed by atoms with E-state index in [1.54, 1.807) is 6.92 Å². The third-order valence-corrected chi connectivity index (χ3v) is 3.53. The van der Waals surface area contributed by atoms with Gasteiger partial charge in [0.15, 0.2) is 0 Å². The molecule has 0 radical (unpaired) electrons. The molecule has 0 heterocycles. The molecule has 0 aliphatic heterocycles. The van der Waals surface area contributed by atoms with Gasteiger partial charge in [0.2, 0.25) is 5.78 Å². The Balaban J connectivity index is 2.74. The number of carbonyl (C=O) groups is 2. The van der Waals surface area contributed by atoms with Crippen LogP contribution in [0.25, 0.3) is 0 Å². The maximum Gasteiger partial charge on any atom is 0.338 e. The Morgan fingerprint density at radius 1 is 1.04 bits per heavy atom. The molecular formula is C16H13ClO6. The van der Waals surface area contributed by atoms with Crippen molar-refractivity contribution in [3.63, 3.8) is 0 Å². The van der Waals surface area contributed by atoms with Crippen LogP contribution < -0.4 is 0 Å². The Bertz CT molecular complexity index is 789. The Labute approximate surface area is 136 Å². The second-order valence-corrected chi connectivity index (χ2v) is 5.22. The number of halogens is 1. The molecule has 0 unspecified atom stereocenters. The molecule has 2 aromatic rings. The van der Waals surface area contributed by atoms with Gasteiger partial charge in [0.25, 0.3) is 0 Å². The van der Waals surface area contributed by atoms with E-state index in [2.05, 4.69) is 4.74 Å². The highest BCUT2D eigenvalue weighted by atomic mass is 35.5. The maximum absolute atomic E-state index is 12.7. The van der Waals surface area contributed by atoms with E-state index in [4.69, 9.17) is 11.6 Å². The summed E-state index contributed by atoms with van der Waals surface area (Å²) in [4.78, 5) is 24.5. The van der Waals surface area contributed by atoms with Gasteiger partial charge in [0.05, 0.1) is 23.3 Å². The highest BCUT2D eigenvalue weighted by Gasteiger charge is 2.28. The molecule has 6 nitrogen and oxygen atoms in total. The van der Waals surface area contributed by atoms with Crippen LogP contribution in [-0.4, -0.2) is 34.2 Å². The SMILES string of the molecule is COC(=O)c1ccc(Cl)c(O)c1C(=O)c1c(O)cc(C)cc1O. The molecule has 120 valence electrons. The fourth-order valence-corrected chi connectivity index (χ4v) is 2.34. The van der Waals surface area contributed by atoms with Crippen molar-refractivity contribution < 1.29 is 29.6 Å². The van der Waals surface area contributed by atoms with Crippen LogP contribution in [0, 0.1) is 6.92 Å². The Hall–Kier alpha value is -2.73. The molecule has 7 heteroatoms. The lowest BCUT2D eigenvalue weighted by Crippen LogP contribution is -2.12. The summed E-state index contributed by atoms with van der Waals surface area (Å²) >= 11 is 5.79. The lowest BCUT2D eigenvalue weighted by Gasteiger charge is -2.13. The van der Waals surface area contributed by atoms with E-state index >= 15 is 0 Å². The summed E-state index contributed by atoms with van der Waals surface area (Å²) in [6.07, 6.45) is 0. The van der Waals surface area contributed by atoms with E-state index in [-0.39, 0.29) is 10.6 Å². The molecule has 0 atom stereocenters. The van der Waals surface area contributed by atoms with Crippen molar-refractivity contribution in [2.24, 2.45) is 0 Å². The Kier molecular flexibility index (Phi) is 4.47. The molecule has 0 fully saturated rings. The highest BCUT2D eigenvalue weighted by Crippen LogP contribution is 2.37.